The van der Waals surface area contributed by atoms with Crippen molar-refractivity contribution in [2.24, 2.45) is 5.92 Å². The average molecular weight is 525 g/mol. The second-order valence-electron chi connectivity index (χ2n) is 9.74. The van der Waals surface area contributed by atoms with Gasteiger partial charge in [0.05, 0.1) is 6.61 Å². The molecule has 2 N–H and O–H groups in total. The van der Waals surface area contributed by atoms with E-state index in [9.17, 15) is 9.90 Å². The van der Waals surface area contributed by atoms with E-state index in [1.807, 2.05) is 54.6 Å². The minimum Gasteiger partial charge on any atom is -0.508 e. The number of ether oxygens (including phenoxy) is 1. The van der Waals surface area contributed by atoms with Gasteiger partial charge in [-0.2, -0.15) is 0 Å². The lowest BCUT2D eigenvalue weighted by molar-refractivity contribution is 0.305. The molecule has 6 heteroatoms. The molecular weight excluding hydrogens is 488 g/mol. The number of aliphatic hydroxyl groups excluding tert-OH is 1. The number of aromatic amines is 1. The van der Waals surface area contributed by atoms with E-state index in [-0.39, 0.29) is 11.7 Å². The first kappa shape index (κ1) is 27.7. The Hall–Kier alpha value is -4.32. The van der Waals surface area contributed by atoms with Crippen LogP contribution >= 0.6 is 0 Å². The molecule has 0 aliphatic heterocycles. The molecule has 0 radical (unpaired) electrons. The minimum absolute atomic E-state index is 0.0797. The Bertz CT molecular complexity index is 1420. The van der Waals surface area contributed by atoms with E-state index in [0.717, 1.165) is 54.7 Å². The van der Waals surface area contributed by atoms with Gasteiger partial charge in [-0.3, -0.25) is 9.51 Å². The van der Waals surface area contributed by atoms with Crippen LogP contribution in [0.2, 0.25) is 0 Å². The molecule has 1 unspecified atom stereocenters. The smallest absolute Gasteiger partial charge is 0.439 e. The number of aromatic nitrogens is 2. The van der Waals surface area contributed by atoms with Crippen LogP contribution in [-0.4, -0.2) is 21.9 Å². The summed E-state index contributed by atoms with van der Waals surface area (Å²) in [7, 11) is 0. The van der Waals surface area contributed by atoms with E-state index in [4.69, 9.17) is 4.74 Å². The zero-order valence-electron chi connectivity index (χ0n) is 22.4. The summed E-state index contributed by atoms with van der Waals surface area (Å²) in [6.45, 7) is 6.52. The van der Waals surface area contributed by atoms with Gasteiger partial charge in [0.2, 0.25) is 0 Å². The fraction of sp³-hybridized carbons (Fsp3) is 0.273. The highest BCUT2D eigenvalue weighted by atomic mass is 16.5. The monoisotopic (exact) mass is 524 g/mol. The Morgan fingerprint density at radius 2 is 1.79 bits per heavy atom. The van der Waals surface area contributed by atoms with Gasteiger partial charge in [0.1, 0.15) is 11.5 Å². The number of aryl methyl sites for hydroxylation is 1. The molecule has 0 saturated heterocycles. The summed E-state index contributed by atoms with van der Waals surface area (Å²) in [5.74, 6) is 1.13. The van der Waals surface area contributed by atoms with Crippen LogP contribution in [0.5, 0.6) is 5.75 Å². The summed E-state index contributed by atoms with van der Waals surface area (Å²) in [6.07, 6.45) is 10.6. The molecule has 0 saturated carbocycles. The zero-order chi connectivity index (χ0) is 27.5. The zero-order valence-corrected chi connectivity index (χ0v) is 22.4. The van der Waals surface area contributed by atoms with Gasteiger partial charge in [-0.1, -0.05) is 110 Å². The predicted octanol–water partition coefficient (Wildman–Crippen LogP) is 7.63. The topological polar surface area (TPSA) is 88.3 Å². The van der Waals surface area contributed by atoms with Crippen molar-refractivity contribution in [1.82, 2.24) is 10.1 Å². The molecule has 0 amide bonds. The Morgan fingerprint density at radius 3 is 2.49 bits per heavy atom. The van der Waals surface area contributed by atoms with Gasteiger partial charge in [0.15, 0.2) is 5.82 Å². The molecule has 0 spiro atoms. The summed E-state index contributed by atoms with van der Waals surface area (Å²) in [6, 6.07) is 24.1. The number of para-hydroxylation sites is 1. The number of hydrogen-bond acceptors (Lipinski definition) is 5. The first-order valence-electron chi connectivity index (χ1n) is 13.5. The maximum absolute atomic E-state index is 11.3. The summed E-state index contributed by atoms with van der Waals surface area (Å²) in [5.41, 5.74) is 5.02. The SMILES string of the molecule is C=C(O)c1ccc(CCC(/C=C/c2ccccc2OCCCCC)Cc2ccc(-c3noc(=O)[nH]3)cc2)cc1. The van der Waals surface area contributed by atoms with Crippen LogP contribution in [-0.2, 0) is 12.8 Å². The van der Waals surface area contributed by atoms with Crippen LogP contribution in [0.1, 0.15) is 54.9 Å². The van der Waals surface area contributed by atoms with Crippen LogP contribution in [0.15, 0.2) is 94.8 Å². The maximum atomic E-state index is 11.3. The van der Waals surface area contributed by atoms with E-state index in [0.29, 0.717) is 5.82 Å². The minimum atomic E-state index is -0.565. The highest BCUT2D eigenvalue weighted by Gasteiger charge is 2.11. The number of H-pyrrole nitrogens is 1. The van der Waals surface area contributed by atoms with E-state index in [2.05, 4.69) is 58.5 Å². The number of hydrogen-bond donors (Lipinski definition) is 2. The molecule has 39 heavy (non-hydrogen) atoms. The van der Waals surface area contributed by atoms with Gasteiger partial charge >= 0.3 is 5.76 Å². The van der Waals surface area contributed by atoms with Crippen molar-refractivity contribution in [3.63, 3.8) is 0 Å². The number of allylic oxidation sites excluding steroid dienone is 1. The van der Waals surface area contributed by atoms with Gasteiger partial charge in [-0.25, -0.2) is 4.79 Å². The number of benzene rings is 3. The van der Waals surface area contributed by atoms with Crippen LogP contribution in [0, 0.1) is 5.92 Å². The highest BCUT2D eigenvalue weighted by Crippen LogP contribution is 2.25. The van der Waals surface area contributed by atoms with Crippen molar-refractivity contribution < 1.29 is 14.4 Å². The van der Waals surface area contributed by atoms with Crippen molar-refractivity contribution in [2.45, 2.75) is 45.4 Å². The molecular formula is C33H36N2O4. The second kappa shape index (κ2) is 14.0. The fourth-order valence-electron chi connectivity index (χ4n) is 4.46. The number of unbranched alkanes of at least 4 members (excludes halogenated alkanes) is 2. The Labute approximate surface area is 229 Å². The van der Waals surface area contributed by atoms with E-state index in [1.54, 1.807) is 0 Å². The summed E-state index contributed by atoms with van der Waals surface area (Å²) in [5, 5.41) is 13.4. The average Bonchev–Trinajstić information content (AvgIpc) is 3.40. The third kappa shape index (κ3) is 8.34. The highest BCUT2D eigenvalue weighted by molar-refractivity contribution is 5.58. The largest absolute Gasteiger partial charge is 0.508 e. The molecule has 4 aromatic rings. The molecule has 0 fully saturated rings. The van der Waals surface area contributed by atoms with Crippen LogP contribution in [0.25, 0.3) is 23.2 Å². The normalized spacial score (nSPS) is 12.0. The quantitative estimate of drug-likeness (QED) is 0.131. The van der Waals surface area contributed by atoms with Gasteiger partial charge in [-0.05, 0) is 48.8 Å². The summed E-state index contributed by atoms with van der Waals surface area (Å²) < 4.78 is 10.7. The van der Waals surface area contributed by atoms with E-state index in [1.165, 1.54) is 24.0 Å². The Morgan fingerprint density at radius 1 is 1.05 bits per heavy atom. The molecule has 1 atom stereocenters. The molecule has 1 heterocycles. The number of rotatable bonds is 14. The lowest BCUT2D eigenvalue weighted by atomic mass is 9.91. The van der Waals surface area contributed by atoms with Crippen molar-refractivity contribution in [3.8, 4) is 17.1 Å². The standard InChI is InChI=1S/C33H36N2O4/c1-3-4-7-22-38-31-9-6-5-8-29(31)19-14-26(11-10-25-12-17-28(18-13-25)24(2)36)23-27-15-20-30(21-16-27)32-34-33(37)39-35-32/h5-6,8-9,12-21,26,36H,2-4,7,10-11,22-23H2,1H3,(H,34,35,37)/b19-14+. The molecule has 0 bridgehead atoms. The molecule has 1 aromatic heterocycles. The Kier molecular flexibility index (Phi) is 9.95. The van der Waals surface area contributed by atoms with Crippen molar-refractivity contribution in [2.75, 3.05) is 6.61 Å². The van der Waals surface area contributed by atoms with Gasteiger partial charge < -0.3 is 9.84 Å². The molecule has 6 nitrogen and oxygen atoms in total. The van der Waals surface area contributed by atoms with Gasteiger partial charge in [0, 0.05) is 16.7 Å². The van der Waals surface area contributed by atoms with Crippen LogP contribution in [0.4, 0.5) is 0 Å². The van der Waals surface area contributed by atoms with Crippen molar-refractivity contribution in [1.29, 1.82) is 0 Å². The Balaban J connectivity index is 1.49. The third-order valence-corrected chi connectivity index (χ3v) is 6.73. The molecule has 0 aliphatic rings. The van der Waals surface area contributed by atoms with E-state index < -0.39 is 5.76 Å². The van der Waals surface area contributed by atoms with Crippen molar-refractivity contribution in [3.05, 3.63) is 118 Å². The molecule has 0 aliphatic carbocycles. The maximum Gasteiger partial charge on any atom is 0.439 e. The number of nitrogens with one attached hydrogen (secondary N) is 1. The summed E-state index contributed by atoms with van der Waals surface area (Å²) in [4.78, 5) is 13.9. The first-order valence-corrected chi connectivity index (χ1v) is 13.5. The third-order valence-electron chi connectivity index (χ3n) is 6.73. The van der Waals surface area contributed by atoms with E-state index >= 15 is 0 Å². The number of aliphatic hydroxyl groups is 1. The molecule has 202 valence electrons. The predicted molar refractivity (Wildman–Crippen MR) is 157 cm³/mol. The lowest BCUT2D eigenvalue weighted by Crippen LogP contribution is -2.04. The molecule has 3 aromatic carbocycles. The summed E-state index contributed by atoms with van der Waals surface area (Å²) >= 11 is 0. The number of nitrogens with zero attached hydrogens (tertiary/aromatic N) is 1. The lowest BCUT2D eigenvalue weighted by Gasteiger charge is -2.15. The van der Waals surface area contributed by atoms with Crippen molar-refractivity contribution >= 4 is 11.8 Å². The first-order chi connectivity index (χ1) is 19.0. The van der Waals surface area contributed by atoms with Crippen LogP contribution in [0.3, 0.4) is 0 Å². The van der Waals surface area contributed by atoms with Gasteiger partial charge in [0.25, 0.3) is 0 Å². The fourth-order valence-corrected chi connectivity index (χ4v) is 4.46. The van der Waals surface area contributed by atoms with Gasteiger partial charge in [-0.15, -0.1) is 0 Å². The molecule has 4 rings (SSSR count). The van der Waals surface area contributed by atoms with Crippen LogP contribution < -0.4 is 10.5 Å². The second-order valence-corrected chi connectivity index (χ2v) is 9.74.